The molecule has 1 aromatic rings. The summed E-state index contributed by atoms with van der Waals surface area (Å²) in [5, 5.41) is 3.36. The summed E-state index contributed by atoms with van der Waals surface area (Å²) in [6.45, 7) is 8.29. The number of aryl methyl sites for hydroxylation is 1. The van der Waals surface area contributed by atoms with Crippen LogP contribution >= 0.6 is 0 Å². The second kappa shape index (κ2) is 7.81. The third-order valence-corrected chi connectivity index (χ3v) is 8.06. The van der Waals surface area contributed by atoms with E-state index in [-0.39, 0.29) is 17.9 Å². The maximum Gasteiger partial charge on any atom is 0.355 e. The highest BCUT2D eigenvalue weighted by Crippen LogP contribution is 2.61. The number of carbonyl (C=O) groups is 2. The molecule has 0 radical (unpaired) electrons. The average Bonchev–Trinajstić information content (AvgIpc) is 2.93. The van der Waals surface area contributed by atoms with Gasteiger partial charge in [-0.25, -0.2) is 4.79 Å². The molecule has 4 aliphatic carbocycles. The van der Waals surface area contributed by atoms with Gasteiger partial charge in [0.1, 0.15) is 5.69 Å². The van der Waals surface area contributed by atoms with Gasteiger partial charge in [-0.2, -0.15) is 0 Å². The molecule has 1 atom stereocenters. The minimum absolute atomic E-state index is 0.130. The molecule has 0 unspecified atom stereocenters. The van der Waals surface area contributed by atoms with Crippen LogP contribution in [0.2, 0.25) is 0 Å². The molecule has 5 rings (SSSR count). The van der Waals surface area contributed by atoms with Gasteiger partial charge in [-0.15, -0.1) is 0 Å². The first-order chi connectivity index (χ1) is 13.8. The highest BCUT2D eigenvalue weighted by Gasteiger charge is 2.53. The van der Waals surface area contributed by atoms with Gasteiger partial charge in [0, 0.05) is 18.2 Å². The fourth-order valence-electron chi connectivity index (χ4n) is 6.98. The van der Waals surface area contributed by atoms with Crippen LogP contribution in [0.4, 0.5) is 0 Å². The Morgan fingerprint density at radius 3 is 2.28 bits per heavy atom. The van der Waals surface area contributed by atoms with Crippen molar-refractivity contribution in [2.75, 3.05) is 6.61 Å². The van der Waals surface area contributed by atoms with Crippen LogP contribution in [0.1, 0.15) is 86.1 Å². The van der Waals surface area contributed by atoms with Crippen LogP contribution in [-0.2, 0) is 16.0 Å². The zero-order chi connectivity index (χ0) is 20.8. The van der Waals surface area contributed by atoms with E-state index in [1.165, 1.54) is 38.5 Å². The maximum absolute atomic E-state index is 12.8. The summed E-state index contributed by atoms with van der Waals surface area (Å²) in [5.41, 5.74) is 3.77. The molecule has 1 aromatic heterocycles. The molecule has 5 heteroatoms. The molecule has 4 fully saturated rings. The minimum atomic E-state index is -0.320. The number of nitrogens with one attached hydrogen (secondary N) is 2. The molecule has 0 spiro atoms. The average molecular weight is 401 g/mol. The Morgan fingerprint density at radius 2 is 1.72 bits per heavy atom. The zero-order valence-corrected chi connectivity index (χ0v) is 18.4. The molecule has 2 N–H and O–H groups in total. The predicted octanol–water partition coefficient (Wildman–Crippen LogP) is 4.46. The Labute approximate surface area is 174 Å². The largest absolute Gasteiger partial charge is 0.461 e. The normalized spacial score (nSPS) is 31.0. The van der Waals surface area contributed by atoms with Gasteiger partial charge in [-0.1, -0.05) is 0 Å². The fraction of sp³-hybridized carbons (Fsp3) is 0.750. The standard InChI is InChI=1S/C24H36N2O3/c1-5-29-23(28)22-14(2)20(15(3)25-22)6-7-21(27)26-16(4)24-11-17-8-18(12-24)10-19(9-17)13-24/h16-19,25H,5-13H2,1-4H3,(H,26,27)/t16-,17?,18?,19?,24?/m0/s1. The number of carbonyl (C=O) groups excluding carboxylic acids is 2. The summed E-state index contributed by atoms with van der Waals surface area (Å²) in [7, 11) is 0. The van der Waals surface area contributed by atoms with E-state index < -0.39 is 0 Å². The number of amides is 1. The smallest absolute Gasteiger partial charge is 0.355 e. The molecular formula is C24H36N2O3. The fourth-order valence-corrected chi connectivity index (χ4v) is 6.98. The first-order valence-electron chi connectivity index (χ1n) is 11.5. The number of esters is 1. The zero-order valence-electron chi connectivity index (χ0n) is 18.4. The number of hydrogen-bond acceptors (Lipinski definition) is 3. The lowest BCUT2D eigenvalue weighted by Gasteiger charge is -2.59. The van der Waals surface area contributed by atoms with Crippen molar-refractivity contribution >= 4 is 11.9 Å². The van der Waals surface area contributed by atoms with Crippen LogP contribution in [0.25, 0.3) is 0 Å². The van der Waals surface area contributed by atoms with Crippen molar-refractivity contribution in [2.24, 2.45) is 23.2 Å². The van der Waals surface area contributed by atoms with Crippen LogP contribution in [-0.4, -0.2) is 29.5 Å². The summed E-state index contributed by atoms with van der Waals surface area (Å²) in [6, 6.07) is 0.256. The van der Waals surface area contributed by atoms with Crippen LogP contribution in [0, 0.1) is 37.0 Å². The van der Waals surface area contributed by atoms with E-state index in [4.69, 9.17) is 4.74 Å². The van der Waals surface area contributed by atoms with Crippen molar-refractivity contribution in [2.45, 2.75) is 85.1 Å². The summed E-state index contributed by atoms with van der Waals surface area (Å²) >= 11 is 0. The highest BCUT2D eigenvalue weighted by atomic mass is 16.5. The lowest BCUT2D eigenvalue weighted by molar-refractivity contribution is -0.125. The van der Waals surface area contributed by atoms with E-state index in [1.54, 1.807) is 6.92 Å². The van der Waals surface area contributed by atoms with Crippen molar-refractivity contribution in [3.8, 4) is 0 Å². The van der Waals surface area contributed by atoms with Gasteiger partial charge in [0.2, 0.25) is 5.91 Å². The Morgan fingerprint density at radius 1 is 1.14 bits per heavy atom. The van der Waals surface area contributed by atoms with E-state index in [0.29, 0.717) is 30.6 Å². The van der Waals surface area contributed by atoms with Crippen LogP contribution < -0.4 is 5.32 Å². The molecule has 0 saturated heterocycles. The lowest BCUT2D eigenvalue weighted by Crippen LogP contribution is -2.55. The summed E-state index contributed by atoms with van der Waals surface area (Å²) < 4.78 is 5.12. The van der Waals surface area contributed by atoms with Crippen molar-refractivity contribution in [1.82, 2.24) is 10.3 Å². The van der Waals surface area contributed by atoms with Crippen molar-refractivity contribution < 1.29 is 14.3 Å². The molecule has 4 aliphatic rings. The second-order valence-corrected chi connectivity index (χ2v) is 10.0. The Kier molecular flexibility index (Phi) is 5.52. The second-order valence-electron chi connectivity index (χ2n) is 10.0. The third kappa shape index (κ3) is 3.85. The summed E-state index contributed by atoms with van der Waals surface area (Å²) in [6.07, 6.45) is 9.29. The van der Waals surface area contributed by atoms with Gasteiger partial charge < -0.3 is 15.0 Å². The van der Waals surface area contributed by atoms with E-state index in [0.717, 1.165) is 34.6 Å². The number of ether oxygens (including phenoxy) is 1. The monoisotopic (exact) mass is 400 g/mol. The Bertz CT molecular complexity index is 759. The van der Waals surface area contributed by atoms with Gasteiger partial charge in [0.25, 0.3) is 0 Å². The third-order valence-electron chi connectivity index (χ3n) is 8.06. The van der Waals surface area contributed by atoms with Gasteiger partial charge in [-0.3, -0.25) is 4.79 Å². The molecular weight excluding hydrogens is 364 g/mol. The molecule has 0 aromatic carbocycles. The van der Waals surface area contributed by atoms with Crippen molar-refractivity contribution in [1.29, 1.82) is 0 Å². The summed E-state index contributed by atoms with van der Waals surface area (Å²) in [4.78, 5) is 28.0. The van der Waals surface area contributed by atoms with Gasteiger partial charge >= 0.3 is 5.97 Å². The molecule has 4 saturated carbocycles. The molecule has 5 nitrogen and oxygen atoms in total. The number of H-pyrrole nitrogens is 1. The Balaban J connectivity index is 1.36. The summed E-state index contributed by atoms with van der Waals surface area (Å²) in [5.74, 6) is 2.50. The number of aromatic nitrogens is 1. The van der Waals surface area contributed by atoms with Crippen LogP contribution in [0.5, 0.6) is 0 Å². The molecule has 29 heavy (non-hydrogen) atoms. The first kappa shape index (κ1) is 20.5. The molecule has 160 valence electrons. The van der Waals surface area contributed by atoms with Gasteiger partial charge in [-0.05, 0) is 107 Å². The Hall–Kier alpha value is -1.78. The number of hydrogen-bond donors (Lipinski definition) is 2. The van der Waals surface area contributed by atoms with E-state index in [1.807, 2.05) is 13.8 Å². The van der Waals surface area contributed by atoms with Crippen molar-refractivity contribution in [3.05, 3.63) is 22.5 Å². The number of rotatable bonds is 7. The molecule has 1 heterocycles. The molecule has 4 bridgehead atoms. The minimum Gasteiger partial charge on any atom is -0.461 e. The topological polar surface area (TPSA) is 71.2 Å². The molecule has 1 amide bonds. The van der Waals surface area contributed by atoms with Crippen LogP contribution in [0.15, 0.2) is 0 Å². The van der Waals surface area contributed by atoms with Gasteiger partial charge in [0.05, 0.1) is 6.61 Å². The van der Waals surface area contributed by atoms with E-state index >= 15 is 0 Å². The number of aromatic amines is 1. The highest BCUT2D eigenvalue weighted by molar-refractivity contribution is 5.90. The maximum atomic E-state index is 12.8. The van der Waals surface area contributed by atoms with E-state index in [9.17, 15) is 9.59 Å². The quantitative estimate of drug-likeness (QED) is 0.664. The SMILES string of the molecule is CCOC(=O)c1[nH]c(C)c(CCC(=O)N[C@@H](C)C23CC4CC(CC(C4)C2)C3)c1C. The molecule has 0 aliphatic heterocycles. The van der Waals surface area contributed by atoms with Crippen molar-refractivity contribution in [3.63, 3.8) is 0 Å². The first-order valence-corrected chi connectivity index (χ1v) is 11.5. The predicted molar refractivity (Wildman–Crippen MR) is 113 cm³/mol. The van der Waals surface area contributed by atoms with Gasteiger partial charge in [0.15, 0.2) is 0 Å². The van der Waals surface area contributed by atoms with E-state index in [2.05, 4.69) is 17.2 Å². The lowest BCUT2D eigenvalue weighted by atomic mass is 9.48. The van der Waals surface area contributed by atoms with Crippen LogP contribution in [0.3, 0.4) is 0 Å².